The highest BCUT2D eigenvalue weighted by Gasteiger charge is 2.23. The second-order valence-electron chi connectivity index (χ2n) is 17.9. The Morgan fingerprint density at radius 3 is 1.65 bits per heavy atom. The number of carbonyl (C=O) groups is 4. The Morgan fingerprint density at radius 1 is 0.538 bits per heavy atom. The molecule has 0 aromatic carbocycles. The summed E-state index contributed by atoms with van der Waals surface area (Å²) in [6, 6.07) is 0. The summed E-state index contributed by atoms with van der Waals surface area (Å²) in [6.07, 6.45) is 30.8. The molecule has 12 nitrogen and oxygen atoms in total. The Kier molecular flexibility index (Phi) is 40.3. The van der Waals surface area contributed by atoms with E-state index < -0.39 is 24.3 Å². The quantitative estimate of drug-likeness (QED) is 0.0189. The van der Waals surface area contributed by atoms with Crippen LogP contribution in [-0.2, 0) is 47.5 Å². The Balaban J connectivity index is 2.61. The normalized spacial score (nSPS) is 15.4. The average molecular weight is 922 g/mol. The van der Waals surface area contributed by atoms with Crippen LogP contribution in [0.15, 0.2) is 24.3 Å². The maximum atomic E-state index is 13.0. The van der Waals surface area contributed by atoms with Crippen molar-refractivity contribution in [1.29, 1.82) is 0 Å². The Hall–Kier alpha value is -2.96. The molecule has 0 bridgehead atoms. The number of nitrogens with zero attached hydrogens (tertiary/aromatic N) is 1. The lowest BCUT2D eigenvalue weighted by Crippen LogP contribution is -2.37. The second-order valence-corrected chi connectivity index (χ2v) is 17.9. The van der Waals surface area contributed by atoms with E-state index in [1.165, 1.54) is 25.7 Å². The number of unbranched alkanes of at least 4 members (excludes halogenated alkanes) is 11. The molecule has 3 atom stereocenters. The lowest BCUT2D eigenvalue weighted by atomic mass is 9.96. The number of allylic oxidation sites excluding steroid dienone is 4. The number of carbonyl (C=O) groups excluding carboxylic acids is 4. The third kappa shape index (κ3) is 36.8. The van der Waals surface area contributed by atoms with E-state index in [9.17, 15) is 19.2 Å². The van der Waals surface area contributed by atoms with Crippen molar-refractivity contribution in [2.45, 2.75) is 208 Å². The smallest absolute Gasteiger partial charge is 0.465 e. The van der Waals surface area contributed by atoms with Crippen LogP contribution in [0, 0.1) is 17.8 Å². The third-order valence-corrected chi connectivity index (χ3v) is 11.8. The zero-order valence-electron chi connectivity index (χ0n) is 42.0. The maximum absolute atomic E-state index is 13.0. The summed E-state index contributed by atoms with van der Waals surface area (Å²) < 4.78 is 40.0. The summed E-state index contributed by atoms with van der Waals surface area (Å²) >= 11 is 0. The number of hydrogen-bond donors (Lipinski definition) is 0. The molecule has 1 heterocycles. The van der Waals surface area contributed by atoms with Crippen LogP contribution >= 0.6 is 0 Å². The molecule has 1 fully saturated rings. The SMILES string of the molecule is CC/C=C\CCCCOC(CCC(=O)OCC(COC(=O)CCCCCCC(=O)OCC(CCCC)CCCCCC)COC(=O)OCC1CCCN(CC)C1)OCCCC/C=C\CC. The number of rotatable bonds is 43. The van der Waals surface area contributed by atoms with Gasteiger partial charge in [-0.3, -0.25) is 14.4 Å². The lowest BCUT2D eigenvalue weighted by Gasteiger charge is -2.31. The standard InChI is InChI=1S/C53H95NO11/c1-6-11-15-18-22-27-38-59-52(60-39-28-23-19-16-12-7-2)36-35-51(57)63-44-48(45-65-53(58)64-42-47-32-29-37-54(10-5)40-47)43-62-50(56)34-26-21-20-25-33-49(55)61-41-46(30-14-9-4)31-24-17-13-8-3/h11-12,15-16,46-48,52H,6-10,13-14,17-45H2,1-5H3/b15-11-,16-12-. The van der Waals surface area contributed by atoms with Crippen molar-refractivity contribution < 1.29 is 52.3 Å². The van der Waals surface area contributed by atoms with E-state index in [4.69, 9.17) is 33.2 Å². The fraction of sp³-hybridized carbons (Fsp3) is 0.849. The van der Waals surface area contributed by atoms with Gasteiger partial charge in [-0.05, 0) is 109 Å². The van der Waals surface area contributed by atoms with E-state index in [0.717, 1.165) is 129 Å². The minimum atomic E-state index is -0.788. The predicted molar refractivity (Wildman–Crippen MR) is 259 cm³/mol. The minimum Gasteiger partial charge on any atom is -0.465 e. The molecule has 1 aliphatic rings. The Labute approximate surface area is 396 Å². The van der Waals surface area contributed by atoms with Gasteiger partial charge in [-0.2, -0.15) is 0 Å². The summed E-state index contributed by atoms with van der Waals surface area (Å²) in [4.78, 5) is 53.2. The van der Waals surface area contributed by atoms with Gasteiger partial charge in [0.2, 0.25) is 0 Å². The highest BCUT2D eigenvalue weighted by molar-refractivity contribution is 5.70. The Bertz CT molecular complexity index is 1200. The highest BCUT2D eigenvalue weighted by Crippen LogP contribution is 2.20. The van der Waals surface area contributed by atoms with Crippen LogP contribution in [0.1, 0.15) is 202 Å². The summed E-state index contributed by atoms with van der Waals surface area (Å²) in [5.74, 6) is -0.825. The first-order valence-electron chi connectivity index (χ1n) is 26.3. The van der Waals surface area contributed by atoms with Gasteiger partial charge in [-0.15, -0.1) is 0 Å². The molecule has 378 valence electrons. The first-order valence-corrected chi connectivity index (χ1v) is 26.3. The van der Waals surface area contributed by atoms with Gasteiger partial charge in [0.25, 0.3) is 0 Å². The molecule has 0 aromatic heterocycles. The molecule has 12 heteroatoms. The van der Waals surface area contributed by atoms with E-state index in [1.54, 1.807) is 0 Å². The molecule has 0 aromatic rings. The van der Waals surface area contributed by atoms with Gasteiger partial charge >= 0.3 is 24.1 Å². The van der Waals surface area contributed by atoms with Crippen LogP contribution in [0.5, 0.6) is 0 Å². The lowest BCUT2D eigenvalue weighted by molar-refractivity contribution is -0.161. The van der Waals surface area contributed by atoms with Crippen molar-refractivity contribution in [3.05, 3.63) is 24.3 Å². The molecule has 0 saturated carbocycles. The first kappa shape index (κ1) is 60.1. The van der Waals surface area contributed by atoms with E-state index in [2.05, 4.69) is 63.8 Å². The van der Waals surface area contributed by atoms with Gasteiger partial charge in [0, 0.05) is 44.9 Å². The van der Waals surface area contributed by atoms with Crippen LogP contribution < -0.4 is 0 Å². The minimum absolute atomic E-state index is 0.0765. The van der Waals surface area contributed by atoms with Gasteiger partial charge in [0.05, 0.1) is 25.6 Å². The van der Waals surface area contributed by atoms with Crippen molar-refractivity contribution in [2.75, 3.05) is 65.9 Å². The largest absolute Gasteiger partial charge is 0.508 e. The number of likely N-dealkylation sites (tertiary alicyclic amines) is 1. The summed E-state index contributed by atoms with van der Waals surface area (Å²) in [5, 5.41) is 0. The molecular weight excluding hydrogens is 827 g/mol. The third-order valence-electron chi connectivity index (χ3n) is 11.8. The van der Waals surface area contributed by atoms with Gasteiger partial charge in [0.15, 0.2) is 6.29 Å². The second kappa shape index (κ2) is 43.6. The van der Waals surface area contributed by atoms with E-state index in [0.29, 0.717) is 45.0 Å². The van der Waals surface area contributed by atoms with E-state index in [-0.39, 0.29) is 57.1 Å². The molecule has 0 N–H and O–H groups in total. The fourth-order valence-electron chi connectivity index (χ4n) is 7.71. The predicted octanol–water partition coefficient (Wildman–Crippen LogP) is 12.6. The molecule has 0 radical (unpaired) electrons. The van der Waals surface area contributed by atoms with Gasteiger partial charge in [0.1, 0.15) is 19.8 Å². The van der Waals surface area contributed by atoms with E-state index in [1.807, 2.05) is 0 Å². The monoisotopic (exact) mass is 922 g/mol. The Morgan fingerprint density at radius 2 is 1.08 bits per heavy atom. The summed E-state index contributed by atoms with van der Waals surface area (Å²) in [5.41, 5.74) is 0. The molecule has 1 aliphatic heterocycles. The summed E-state index contributed by atoms with van der Waals surface area (Å²) in [6.45, 7) is 15.3. The molecule has 3 unspecified atom stereocenters. The van der Waals surface area contributed by atoms with Gasteiger partial charge in [-0.25, -0.2) is 4.79 Å². The molecule has 1 rings (SSSR count). The number of ether oxygens (including phenoxy) is 7. The van der Waals surface area contributed by atoms with Crippen LogP contribution in [0.3, 0.4) is 0 Å². The van der Waals surface area contributed by atoms with Crippen molar-refractivity contribution in [2.24, 2.45) is 17.8 Å². The van der Waals surface area contributed by atoms with Crippen molar-refractivity contribution >= 4 is 24.1 Å². The summed E-state index contributed by atoms with van der Waals surface area (Å²) in [7, 11) is 0. The van der Waals surface area contributed by atoms with Crippen LogP contribution in [0.25, 0.3) is 0 Å². The van der Waals surface area contributed by atoms with Gasteiger partial charge < -0.3 is 38.1 Å². The topological polar surface area (TPSA) is 136 Å². The van der Waals surface area contributed by atoms with Crippen LogP contribution in [0.2, 0.25) is 0 Å². The zero-order valence-corrected chi connectivity index (χ0v) is 42.0. The van der Waals surface area contributed by atoms with E-state index >= 15 is 0 Å². The number of hydrogen-bond acceptors (Lipinski definition) is 12. The molecule has 1 saturated heterocycles. The van der Waals surface area contributed by atoms with Crippen molar-refractivity contribution in [3.8, 4) is 0 Å². The average Bonchev–Trinajstić information content (AvgIpc) is 3.31. The fourth-order valence-corrected chi connectivity index (χ4v) is 7.71. The van der Waals surface area contributed by atoms with Crippen molar-refractivity contribution in [1.82, 2.24) is 4.90 Å². The zero-order chi connectivity index (χ0) is 47.4. The van der Waals surface area contributed by atoms with Crippen LogP contribution in [-0.4, -0.2) is 101 Å². The number of piperidine rings is 1. The molecule has 65 heavy (non-hydrogen) atoms. The van der Waals surface area contributed by atoms with Crippen LogP contribution in [0.4, 0.5) is 4.79 Å². The van der Waals surface area contributed by atoms with Gasteiger partial charge in [-0.1, -0.05) is 110 Å². The van der Waals surface area contributed by atoms with Crippen molar-refractivity contribution in [3.63, 3.8) is 0 Å². The first-order chi connectivity index (χ1) is 31.7. The highest BCUT2D eigenvalue weighted by atomic mass is 16.7. The molecular formula is C53H95NO11. The molecule has 0 spiro atoms. The number of esters is 3. The molecule has 0 amide bonds. The molecule has 0 aliphatic carbocycles. The maximum Gasteiger partial charge on any atom is 0.508 e.